The normalized spacial score (nSPS) is 17.2. The summed E-state index contributed by atoms with van der Waals surface area (Å²) in [5, 5.41) is 8.86. The fourth-order valence-corrected chi connectivity index (χ4v) is 4.45. The molecule has 8 heteroatoms. The van der Waals surface area contributed by atoms with Crippen molar-refractivity contribution in [3.8, 4) is 0 Å². The molecule has 24 heavy (non-hydrogen) atoms. The number of rotatable bonds is 6. The molecule has 0 aromatic heterocycles. The standard InChI is InChI=1S/C16H25N3O4S/c1-17(2)14-5-4-6-15(11-14)24(22,23)19-9-7-13(8-10-19)18(3)12-16(20)21/h4-6,11,13H,7-10,12H2,1-3H3,(H,20,21). The molecule has 2 rings (SSSR count). The molecular formula is C16H25N3O4S. The third-order valence-electron chi connectivity index (χ3n) is 4.40. The summed E-state index contributed by atoms with van der Waals surface area (Å²) in [5.74, 6) is -0.868. The lowest BCUT2D eigenvalue weighted by Crippen LogP contribution is -2.46. The van der Waals surface area contributed by atoms with Gasteiger partial charge in [0.1, 0.15) is 0 Å². The van der Waals surface area contributed by atoms with Gasteiger partial charge >= 0.3 is 5.97 Å². The van der Waals surface area contributed by atoms with Gasteiger partial charge in [-0.05, 0) is 38.1 Å². The smallest absolute Gasteiger partial charge is 0.317 e. The van der Waals surface area contributed by atoms with Gasteiger partial charge in [-0.15, -0.1) is 0 Å². The van der Waals surface area contributed by atoms with Crippen LogP contribution in [-0.2, 0) is 14.8 Å². The minimum atomic E-state index is -3.52. The van der Waals surface area contributed by atoms with Crippen molar-refractivity contribution < 1.29 is 18.3 Å². The number of benzene rings is 1. The molecule has 1 aliphatic heterocycles. The Morgan fingerprint density at radius 1 is 1.25 bits per heavy atom. The van der Waals surface area contributed by atoms with Gasteiger partial charge in [0.05, 0.1) is 11.4 Å². The van der Waals surface area contributed by atoms with Crippen LogP contribution in [0.1, 0.15) is 12.8 Å². The first-order valence-corrected chi connectivity index (χ1v) is 9.35. The molecule has 1 fully saturated rings. The van der Waals surface area contributed by atoms with E-state index in [0.29, 0.717) is 30.8 Å². The number of aliphatic carboxylic acids is 1. The van der Waals surface area contributed by atoms with Gasteiger partial charge in [-0.3, -0.25) is 9.69 Å². The van der Waals surface area contributed by atoms with Gasteiger partial charge in [0.15, 0.2) is 0 Å². The van der Waals surface area contributed by atoms with Crippen LogP contribution in [0.3, 0.4) is 0 Å². The van der Waals surface area contributed by atoms with Crippen molar-refractivity contribution in [2.75, 3.05) is 45.7 Å². The molecule has 0 spiro atoms. The summed E-state index contributed by atoms with van der Waals surface area (Å²) in [6, 6.07) is 7.01. The first kappa shape index (κ1) is 18.7. The van der Waals surface area contributed by atoms with Crippen molar-refractivity contribution in [1.82, 2.24) is 9.21 Å². The van der Waals surface area contributed by atoms with Gasteiger partial charge in [-0.1, -0.05) is 6.07 Å². The number of hydrogen-bond donors (Lipinski definition) is 1. The fourth-order valence-electron chi connectivity index (χ4n) is 2.94. The highest BCUT2D eigenvalue weighted by Gasteiger charge is 2.31. The Kier molecular flexibility index (Phi) is 5.84. The molecule has 7 nitrogen and oxygen atoms in total. The van der Waals surface area contributed by atoms with Crippen molar-refractivity contribution in [2.24, 2.45) is 0 Å². The van der Waals surface area contributed by atoms with E-state index < -0.39 is 16.0 Å². The Hall–Kier alpha value is -1.64. The van der Waals surface area contributed by atoms with E-state index in [2.05, 4.69) is 0 Å². The lowest BCUT2D eigenvalue weighted by molar-refractivity contribution is -0.138. The van der Waals surface area contributed by atoms with E-state index in [1.54, 1.807) is 30.1 Å². The first-order valence-electron chi connectivity index (χ1n) is 7.91. The van der Waals surface area contributed by atoms with Crippen molar-refractivity contribution in [1.29, 1.82) is 0 Å². The van der Waals surface area contributed by atoms with Crippen LogP contribution in [0.25, 0.3) is 0 Å². The lowest BCUT2D eigenvalue weighted by atomic mass is 10.1. The van der Waals surface area contributed by atoms with Crippen molar-refractivity contribution in [3.05, 3.63) is 24.3 Å². The van der Waals surface area contributed by atoms with Crippen LogP contribution in [0.2, 0.25) is 0 Å². The summed E-state index contributed by atoms with van der Waals surface area (Å²) in [6.45, 7) is 0.786. The molecule has 0 amide bonds. The zero-order valence-electron chi connectivity index (χ0n) is 14.3. The maximum absolute atomic E-state index is 12.8. The maximum atomic E-state index is 12.8. The average molecular weight is 355 g/mol. The Morgan fingerprint density at radius 3 is 2.42 bits per heavy atom. The third kappa shape index (κ3) is 4.25. The number of carboxylic acid groups (broad SMARTS) is 1. The Morgan fingerprint density at radius 2 is 1.88 bits per heavy atom. The third-order valence-corrected chi connectivity index (χ3v) is 6.30. The number of likely N-dealkylation sites (N-methyl/N-ethyl adjacent to an activating group) is 1. The average Bonchev–Trinajstić information content (AvgIpc) is 2.54. The monoisotopic (exact) mass is 355 g/mol. The molecule has 0 radical (unpaired) electrons. The molecule has 134 valence electrons. The van der Waals surface area contributed by atoms with E-state index in [0.717, 1.165) is 5.69 Å². The first-order chi connectivity index (χ1) is 11.2. The van der Waals surface area contributed by atoms with E-state index in [4.69, 9.17) is 5.11 Å². The zero-order chi connectivity index (χ0) is 17.9. The molecule has 0 aliphatic carbocycles. The van der Waals surface area contributed by atoms with Crippen LogP contribution in [0.4, 0.5) is 5.69 Å². The minimum absolute atomic E-state index is 0.0255. The molecule has 0 atom stereocenters. The highest BCUT2D eigenvalue weighted by molar-refractivity contribution is 7.89. The molecule has 1 saturated heterocycles. The van der Waals surface area contributed by atoms with E-state index >= 15 is 0 Å². The van der Waals surface area contributed by atoms with E-state index in [1.807, 2.05) is 25.1 Å². The van der Waals surface area contributed by atoms with Gasteiger partial charge in [-0.25, -0.2) is 8.42 Å². The summed E-state index contributed by atoms with van der Waals surface area (Å²) in [4.78, 5) is 14.7. The van der Waals surface area contributed by atoms with Crippen LogP contribution in [0.5, 0.6) is 0 Å². The van der Waals surface area contributed by atoms with Crippen LogP contribution < -0.4 is 4.90 Å². The number of carboxylic acids is 1. The molecule has 1 aromatic rings. The fraction of sp³-hybridized carbons (Fsp3) is 0.562. The second kappa shape index (κ2) is 7.50. The second-order valence-electron chi connectivity index (χ2n) is 6.34. The highest BCUT2D eigenvalue weighted by atomic mass is 32.2. The summed E-state index contributed by atoms with van der Waals surface area (Å²) in [6.07, 6.45) is 1.27. The second-order valence-corrected chi connectivity index (χ2v) is 8.27. The van der Waals surface area contributed by atoms with Crippen LogP contribution >= 0.6 is 0 Å². The molecular weight excluding hydrogens is 330 g/mol. The number of piperidine rings is 1. The van der Waals surface area contributed by atoms with Crippen molar-refractivity contribution in [3.63, 3.8) is 0 Å². The summed E-state index contributed by atoms with van der Waals surface area (Å²) < 4.78 is 27.1. The SMILES string of the molecule is CN(C)c1cccc(S(=O)(=O)N2CCC(N(C)CC(=O)O)CC2)c1. The number of hydrogen-bond acceptors (Lipinski definition) is 5. The van der Waals surface area contributed by atoms with Crippen LogP contribution in [0, 0.1) is 0 Å². The minimum Gasteiger partial charge on any atom is -0.480 e. The Bertz CT molecular complexity index is 682. The van der Waals surface area contributed by atoms with Crippen LogP contribution in [0.15, 0.2) is 29.2 Å². The Labute approximate surface area is 143 Å². The number of sulfonamides is 1. The van der Waals surface area contributed by atoms with E-state index in [9.17, 15) is 13.2 Å². The van der Waals surface area contributed by atoms with Crippen molar-refractivity contribution in [2.45, 2.75) is 23.8 Å². The topological polar surface area (TPSA) is 81.2 Å². The molecule has 0 bridgehead atoms. The maximum Gasteiger partial charge on any atom is 0.317 e. The molecule has 0 saturated carbocycles. The predicted molar refractivity (Wildman–Crippen MR) is 92.8 cm³/mol. The van der Waals surface area contributed by atoms with E-state index in [-0.39, 0.29) is 12.6 Å². The zero-order valence-corrected chi connectivity index (χ0v) is 15.2. The van der Waals surface area contributed by atoms with Gasteiger partial charge < -0.3 is 10.0 Å². The summed E-state index contributed by atoms with van der Waals surface area (Å²) >= 11 is 0. The summed E-state index contributed by atoms with van der Waals surface area (Å²) in [5.41, 5.74) is 0.840. The number of carbonyl (C=O) groups is 1. The van der Waals surface area contributed by atoms with Crippen molar-refractivity contribution >= 4 is 21.7 Å². The predicted octanol–water partition coefficient (Wildman–Crippen LogP) is 0.922. The van der Waals surface area contributed by atoms with E-state index in [1.165, 1.54) is 4.31 Å². The molecule has 0 unspecified atom stereocenters. The lowest BCUT2D eigenvalue weighted by Gasteiger charge is -2.35. The molecule has 1 heterocycles. The summed E-state index contributed by atoms with van der Waals surface area (Å²) in [7, 11) is 1.99. The number of nitrogens with zero attached hydrogens (tertiary/aromatic N) is 3. The highest BCUT2D eigenvalue weighted by Crippen LogP contribution is 2.25. The van der Waals surface area contributed by atoms with Gasteiger partial charge in [0.25, 0.3) is 0 Å². The molecule has 1 aromatic carbocycles. The molecule has 1 aliphatic rings. The van der Waals surface area contributed by atoms with Gasteiger partial charge in [0, 0.05) is 38.9 Å². The quantitative estimate of drug-likeness (QED) is 0.817. The van der Waals surface area contributed by atoms with Crippen LogP contribution in [-0.4, -0.2) is 75.5 Å². The number of anilines is 1. The Balaban J connectivity index is 2.07. The molecule has 1 N–H and O–H groups in total. The van der Waals surface area contributed by atoms with Gasteiger partial charge in [-0.2, -0.15) is 4.31 Å². The largest absolute Gasteiger partial charge is 0.480 e. The van der Waals surface area contributed by atoms with Gasteiger partial charge in [0.2, 0.25) is 10.0 Å².